The molecular weight excluding hydrogens is 554 g/mol. The molecule has 0 bridgehead atoms. The van der Waals surface area contributed by atoms with Gasteiger partial charge in [-0.2, -0.15) is 9.57 Å². The number of ether oxygens (including phenoxy) is 2. The van der Waals surface area contributed by atoms with Crippen LogP contribution in [0, 0.1) is 18.3 Å². The van der Waals surface area contributed by atoms with E-state index in [0.717, 1.165) is 32.9 Å². The second kappa shape index (κ2) is 11.1. The number of benzene rings is 3. The van der Waals surface area contributed by atoms with E-state index in [4.69, 9.17) is 9.47 Å². The van der Waals surface area contributed by atoms with Gasteiger partial charge in [0.2, 0.25) is 10.0 Å². The van der Waals surface area contributed by atoms with Crippen molar-refractivity contribution in [1.29, 1.82) is 5.26 Å². The van der Waals surface area contributed by atoms with Gasteiger partial charge in [-0.3, -0.25) is 4.79 Å². The molecule has 9 nitrogen and oxygen atoms in total. The molecule has 10 heteroatoms. The predicted octanol–water partition coefficient (Wildman–Crippen LogP) is 5.47. The number of carbonyl (C=O) groups is 1. The highest BCUT2D eigenvalue weighted by atomic mass is 32.2. The molecule has 0 saturated heterocycles. The first-order valence-electron chi connectivity index (χ1n) is 13.4. The summed E-state index contributed by atoms with van der Waals surface area (Å²) in [5.41, 5.74) is 4.12. The molecule has 1 aliphatic heterocycles. The summed E-state index contributed by atoms with van der Waals surface area (Å²) in [6, 6.07) is 19.3. The molecule has 0 saturated carbocycles. The fraction of sp³-hybridized carbons (Fsp3) is 0.281. The molecule has 0 amide bonds. The number of hydrogen-bond donors (Lipinski definition) is 1. The van der Waals surface area contributed by atoms with Crippen LogP contribution in [0.5, 0.6) is 11.5 Å². The van der Waals surface area contributed by atoms with Crippen LogP contribution in [0.3, 0.4) is 0 Å². The molecule has 1 N–H and O–H groups in total. The molecule has 0 atom stereocenters. The minimum Gasteiger partial charge on any atom is -0.494 e. The van der Waals surface area contributed by atoms with Crippen molar-refractivity contribution in [2.75, 3.05) is 13.7 Å². The van der Waals surface area contributed by atoms with Gasteiger partial charge >= 0.3 is 5.97 Å². The number of methoxy groups -OCH3 is 1. The quantitative estimate of drug-likeness (QED) is 0.288. The molecule has 0 aliphatic carbocycles. The summed E-state index contributed by atoms with van der Waals surface area (Å²) in [4.78, 5) is 16.5. The van der Waals surface area contributed by atoms with Crippen LogP contribution < -0.4 is 9.47 Å². The molecule has 1 aliphatic rings. The Hall–Kier alpha value is -4.46. The molecule has 5 rings (SSSR count). The first-order chi connectivity index (χ1) is 19.9. The van der Waals surface area contributed by atoms with Gasteiger partial charge in [0.1, 0.15) is 29.2 Å². The second-order valence-electron chi connectivity index (χ2n) is 11.0. The van der Waals surface area contributed by atoms with Gasteiger partial charge < -0.3 is 14.6 Å². The number of nitrogens with zero attached hydrogens (tertiary/aromatic N) is 3. The SMILES string of the molecule is COc1ccc(-c2cc(C#N)cc(CN(CC(=O)O)S(=O)(=O)c3ccc4c(c3)CCC(C)(C)O4)c2)c2ccc(C)nc12. The molecule has 0 unspecified atom stereocenters. The molecular formula is C32H31N3O6S. The Kier molecular flexibility index (Phi) is 7.66. The zero-order valence-corrected chi connectivity index (χ0v) is 24.7. The second-order valence-corrected chi connectivity index (χ2v) is 12.9. The van der Waals surface area contributed by atoms with Gasteiger partial charge in [0.15, 0.2) is 0 Å². The summed E-state index contributed by atoms with van der Waals surface area (Å²) in [6.45, 7) is 4.84. The standard InChI is InChI=1S/C32H31N3O6S/c1-20-5-7-27-26(8-10-29(40-4)31(27)34-20)24-14-21(17-33)13-22(15-24)18-35(19-30(36)37)42(38,39)25-6-9-28-23(16-25)11-12-32(2,3)41-28/h5-10,13-16H,11-12,18-19H2,1-4H3,(H,36,37). The van der Waals surface area contributed by atoms with Gasteiger partial charge in [-0.1, -0.05) is 6.07 Å². The van der Waals surface area contributed by atoms with Crippen LogP contribution in [-0.2, 0) is 27.8 Å². The maximum atomic E-state index is 13.8. The number of carboxylic acids is 1. The number of aliphatic carboxylic acids is 1. The van der Waals surface area contributed by atoms with Crippen LogP contribution >= 0.6 is 0 Å². The van der Waals surface area contributed by atoms with Crippen LogP contribution in [-0.4, -0.2) is 48.0 Å². The highest BCUT2D eigenvalue weighted by Crippen LogP contribution is 2.36. The van der Waals surface area contributed by atoms with Gasteiger partial charge in [0.05, 0.1) is 23.6 Å². The Morgan fingerprint density at radius 1 is 1.14 bits per heavy atom. The first-order valence-corrected chi connectivity index (χ1v) is 14.9. The van der Waals surface area contributed by atoms with Crippen molar-refractivity contribution in [3.05, 3.63) is 83.0 Å². The number of rotatable bonds is 8. The van der Waals surface area contributed by atoms with Crippen LogP contribution in [0.2, 0.25) is 0 Å². The number of pyridine rings is 1. The number of hydrogen-bond acceptors (Lipinski definition) is 7. The fourth-order valence-electron chi connectivity index (χ4n) is 5.23. The van der Waals surface area contributed by atoms with Gasteiger partial charge in [-0.05, 0) is 110 Å². The lowest BCUT2D eigenvalue weighted by atomic mass is 9.94. The zero-order chi connectivity index (χ0) is 30.2. The monoisotopic (exact) mass is 585 g/mol. The van der Waals surface area contributed by atoms with Gasteiger partial charge in [0, 0.05) is 17.6 Å². The maximum Gasteiger partial charge on any atom is 0.318 e. The highest BCUT2D eigenvalue weighted by molar-refractivity contribution is 7.89. The van der Waals surface area contributed by atoms with E-state index >= 15 is 0 Å². The van der Waals surface area contributed by atoms with E-state index < -0.39 is 22.5 Å². The Morgan fingerprint density at radius 2 is 1.93 bits per heavy atom. The third-order valence-corrected chi connectivity index (χ3v) is 9.12. The van der Waals surface area contributed by atoms with E-state index in [1.54, 1.807) is 43.5 Å². The molecule has 0 radical (unpaired) electrons. The van der Waals surface area contributed by atoms with Crippen molar-refractivity contribution < 1.29 is 27.8 Å². The van der Waals surface area contributed by atoms with Crippen molar-refractivity contribution in [2.45, 2.75) is 50.7 Å². The van der Waals surface area contributed by atoms with Gasteiger partial charge in [0.25, 0.3) is 0 Å². The molecule has 0 spiro atoms. The average molecular weight is 586 g/mol. The van der Waals surface area contributed by atoms with E-state index in [-0.39, 0.29) is 17.0 Å². The number of nitriles is 1. The first kappa shape index (κ1) is 29.0. The third-order valence-electron chi connectivity index (χ3n) is 7.34. The van der Waals surface area contributed by atoms with Crippen molar-refractivity contribution in [3.63, 3.8) is 0 Å². The van der Waals surface area contributed by atoms with Crippen molar-refractivity contribution >= 4 is 26.9 Å². The van der Waals surface area contributed by atoms with Gasteiger partial charge in [-0.25, -0.2) is 13.4 Å². The lowest BCUT2D eigenvalue weighted by Gasteiger charge is -2.33. The average Bonchev–Trinajstić information content (AvgIpc) is 2.94. The van der Waals surface area contributed by atoms with E-state index in [1.165, 1.54) is 6.07 Å². The zero-order valence-electron chi connectivity index (χ0n) is 23.8. The van der Waals surface area contributed by atoms with Crippen LogP contribution in [0.25, 0.3) is 22.0 Å². The molecule has 216 valence electrons. The van der Waals surface area contributed by atoms with Crippen LogP contribution in [0.1, 0.15) is 42.7 Å². The molecule has 2 heterocycles. The number of fused-ring (bicyclic) bond motifs is 2. The molecule has 3 aromatic carbocycles. The number of aryl methyl sites for hydroxylation is 2. The topological polar surface area (TPSA) is 130 Å². The largest absolute Gasteiger partial charge is 0.494 e. The third kappa shape index (κ3) is 5.79. The highest BCUT2D eigenvalue weighted by Gasteiger charge is 2.31. The molecule has 0 fully saturated rings. The van der Waals surface area contributed by atoms with Gasteiger partial charge in [-0.15, -0.1) is 0 Å². The minimum atomic E-state index is -4.21. The molecule has 1 aromatic heterocycles. The Balaban J connectivity index is 1.56. The van der Waals surface area contributed by atoms with E-state index in [2.05, 4.69) is 11.1 Å². The Labute approximate surface area is 245 Å². The summed E-state index contributed by atoms with van der Waals surface area (Å²) < 4.78 is 40.0. The summed E-state index contributed by atoms with van der Waals surface area (Å²) >= 11 is 0. The number of sulfonamides is 1. The van der Waals surface area contributed by atoms with Crippen molar-refractivity contribution in [1.82, 2.24) is 9.29 Å². The van der Waals surface area contributed by atoms with Crippen molar-refractivity contribution in [3.8, 4) is 28.7 Å². The van der Waals surface area contributed by atoms with E-state index in [1.807, 2.05) is 39.0 Å². The number of carboxylic acid groups (broad SMARTS) is 1. The Morgan fingerprint density at radius 3 is 2.64 bits per heavy atom. The maximum absolute atomic E-state index is 13.8. The van der Waals surface area contributed by atoms with Crippen LogP contribution in [0.4, 0.5) is 0 Å². The van der Waals surface area contributed by atoms with Crippen LogP contribution in [0.15, 0.2) is 65.6 Å². The summed E-state index contributed by atoms with van der Waals surface area (Å²) in [5.74, 6) is -0.0644. The minimum absolute atomic E-state index is 0.00920. The summed E-state index contributed by atoms with van der Waals surface area (Å²) in [5, 5.41) is 20.3. The molecule has 42 heavy (non-hydrogen) atoms. The van der Waals surface area contributed by atoms with Crippen molar-refractivity contribution in [2.24, 2.45) is 0 Å². The predicted molar refractivity (Wildman–Crippen MR) is 158 cm³/mol. The molecule has 4 aromatic rings. The lowest BCUT2D eigenvalue weighted by Crippen LogP contribution is -2.36. The van der Waals surface area contributed by atoms with E-state index in [9.17, 15) is 23.6 Å². The Bertz CT molecular complexity index is 1860. The normalized spacial score (nSPS) is 14.2. The summed E-state index contributed by atoms with van der Waals surface area (Å²) in [7, 11) is -2.64. The smallest absolute Gasteiger partial charge is 0.318 e. The van der Waals surface area contributed by atoms with E-state index in [0.29, 0.717) is 40.1 Å². The summed E-state index contributed by atoms with van der Waals surface area (Å²) in [6.07, 6.45) is 1.36. The number of aromatic nitrogens is 1. The fourth-order valence-corrected chi connectivity index (χ4v) is 6.66. The lowest BCUT2D eigenvalue weighted by molar-refractivity contribution is -0.137.